The molecular formula is C43H70N2Ni. The summed E-state index contributed by atoms with van der Waals surface area (Å²) in [6, 6.07) is 14.5. The van der Waals surface area contributed by atoms with Gasteiger partial charge < -0.3 is 0 Å². The smallest absolute Gasteiger partial charge is 0.0639 e. The van der Waals surface area contributed by atoms with Gasteiger partial charge in [0.2, 0.25) is 0 Å². The van der Waals surface area contributed by atoms with E-state index >= 15 is 0 Å². The number of rotatable bonds is 26. The molecule has 0 saturated carbocycles. The SMILES string of the molecule is CCCCCC(=N\c1cc(CCCCC)cc(CCCCC)c1)/C(CCCC)=N/c1cc(CCCCC)cc(CCCCC)c1.[Ni]. The number of nitrogens with zero attached hydrogens (tertiary/aromatic N) is 2. The summed E-state index contributed by atoms with van der Waals surface area (Å²) < 4.78 is 0. The monoisotopic (exact) mass is 672 g/mol. The van der Waals surface area contributed by atoms with Crippen molar-refractivity contribution < 1.29 is 16.5 Å². The normalized spacial score (nSPS) is 12.0. The van der Waals surface area contributed by atoms with Crippen LogP contribution in [0.4, 0.5) is 11.4 Å². The minimum absolute atomic E-state index is 0. The van der Waals surface area contributed by atoms with Gasteiger partial charge in [-0.3, -0.25) is 9.98 Å². The number of hydrogen-bond donors (Lipinski definition) is 0. The molecule has 2 rings (SSSR count). The maximum Gasteiger partial charge on any atom is 0.0639 e. The molecule has 0 aliphatic carbocycles. The molecule has 0 spiro atoms. The van der Waals surface area contributed by atoms with Gasteiger partial charge in [0.25, 0.3) is 0 Å². The van der Waals surface area contributed by atoms with Crippen LogP contribution in [0.2, 0.25) is 0 Å². The number of aryl methyl sites for hydroxylation is 4. The fraction of sp³-hybridized carbons (Fsp3) is 0.674. The summed E-state index contributed by atoms with van der Waals surface area (Å²) in [5.41, 5.74) is 10.6. The second kappa shape index (κ2) is 27.2. The zero-order valence-electron chi connectivity index (χ0n) is 30.9. The van der Waals surface area contributed by atoms with E-state index in [1.165, 1.54) is 136 Å². The van der Waals surface area contributed by atoms with Crippen LogP contribution in [0.15, 0.2) is 46.4 Å². The predicted octanol–water partition coefficient (Wildman–Crippen LogP) is 14.2. The van der Waals surface area contributed by atoms with Crippen molar-refractivity contribution in [3.05, 3.63) is 58.7 Å². The summed E-state index contributed by atoms with van der Waals surface area (Å²) in [6.07, 6.45) is 27.9. The standard InChI is InChI=1S/C43H70N2.Ni/c1-7-13-19-24-36-30-37(25-20-14-8-2)33-40(32-36)44-42(28-18-12-6)43(29-23-17-11-5)45-41-34-38(26-21-15-9-3)31-39(35-41)27-22-16-10-4;/h30-35H,7-29H2,1-6H3;/b44-42+,45-43+;. The fourth-order valence-electron chi connectivity index (χ4n) is 6.24. The first-order chi connectivity index (χ1) is 22.1. The molecule has 0 saturated heterocycles. The van der Waals surface area contributed by atoms with E-state index in [0.717, 1.165) is 56.3 Å². The first-order valence-corrected chi connectivity index (χ1v) is 19.5. The Bertz CT molecular complexity index is 1060. The van der Waals surface area contributed by atoms with Crippen LogP contribution in [0.3, 0.4) is 0 Å². The van der Waals surface area contributed by atoms with Gasteiger partial charge in [-0.1, -0.05) is 124 Å². The minimum Gasteiger partial charge on any atom is -0.252 e. The number of benzene rings is 2. The van der Waals surface area contributed by atoms with Gasteiger partial charge in [0.15, 0.2) is 0 Å². The molecule has 0 amide bonds. The van der Waals surface area contributed by atoms with Crippen LogP contribution in [-0.4, -0.2) is 11.4 Å². The summed E-state index contributed by atoms with van der Waals surface area (Å²) in [5.74, 6) is 0. The second-order valence-electron chi connectivity index (χ2n) is 13.5. The van der Waals surface area contributed by atoms with E-state index in [1.807, 2.05) is 0 Å². The van der Waals surface area contributed by atoms with Crippen molar-refractivity contribution >= 4 is 22.8 Å². The van der Waals surface area contributed by atoms with Crippen LogP contribution in [-0.2, 0) is 42.2 Å². The summed E-state index contributed by atoms with van der Waals surface area (Å²) in [5, 5.41) is 0. The Morgan fingerprint density at radius 3 is 0.957 bits per heavy atom. The van der Waals surface area contributed by atoms with Gasteiger partial charge in [-0.15, -0.1) is 0 Å². The minimum atomic E-state index is 0. The molecule has 0 bridgehead atoms. The van der Waals surface area contributed by atoms with E-state index in [-0.39, 0.29) is 16.5 Å². The van der Waals surface area contributed by atoms with Crippen LogP contribution in [0.5, 0.6) is 0 Å². The first kappa shape index (κ1) is 42.3. The summed E-state index contributed by atoms with van der Waals surface area (Å²) >= 11 is 0. The van der Waals surface area contributed by atoms with Crippen molar-refractivity contribution in [3.63, 3.8) is 0 Å². The third-order valence-electron chi connectivity index (χ3n) is 9.00. The van der Waals surface area contributed by atoms with E-state index in [4.69, 9.17) is 9.98 Å². The van der Waals surface area contributed by atoms with Gasteiger partial charge in [-0.2, -0.15) is 0 Å². The van der Waals surface area contributed by atoms with E-state index in [0.29, 0.717) is 0 Å². The Labute approximate surface area is 296 Å². The van der Waals surface area contributed by atoms with Crippen LogP contribution in [0, 0.1) is 0 Å². The van der Waals surface area contributed by atoms with E-state index in [9.17, 15) is 0 Å². The van der Waals surface area contributed by atoms with Crippen LogP contribution in [0.25, 0.3) is 0 Å². The molecule has 0 N–H and O–H groups in total. The van der Waals surface area contributed by atoms with Gasteiger partial charge in [-0.05, 0) is 124 Å². The maximum atomic E-state index is 5.51. The molecule has 262 valence electrons. The maximum absolute atomic E-state index is 5.51. The Kier molecular flexibility index (Phi) is 25.1. The van der Waals surface area contributed by atoms with E-state index in [1.54, 1.807) is 0 Å². The zero-order chi connectivity index (χ0) is 32.5. The Morgan fingerprint density at radius 2 is 0.652 bits per heavy atom. The third-order valence-corrected chi connectivity index (χ3v) is 9.00. The van der Waals surface area contributed by atoms with Crippen molar-refractivity contribution in [2.75, 3.05) is 0 Å². The quantitative estimate of drug-likeness (QED) is 0.0539. The second-order valence-corrected chi connectivity index (χ2v) is 13.5. The van der Waals surface area contributed by atoms with Crippen molar-refractivity contribution in [2.24, 2.45) is 9.98 Å². The summed E-state index contributed by atoms with van der Waals surface area (Å²) in [7, 11) is 0. The number of aliphatic imine (C=N–C) groups is 2. The topological polar surface area (TPSA) is 24.7 Å². The van der Waals surface area contributed by atoms with Crippen LogP contribution < -0.4 is 0 Å². The largest absolute Gasteiger partial charge is 0.252 e. The fourth-order valence-corrected chi connectivity index (χ4v) is 6.24. The molecule has 0 atom stereocenters. The molecule has 0 fully saturated rings. The van der Waals surface area contributed by atoms with Gasteiger partial charge in [0, 0.05) is 16.5 Å². The average Bonchev–Trinajstić information content (AvgIpc) is 3.03. The van der Waals surface area contributed by atoms with Crippen molar-refractivity contribution in [3.8, 4) is 0 Å². The molecule has 0 aliphatic rings. The molecule has 2 aromatic rings. The van der Waals surface area contributed by atoms with Crippen LogP contribution >= 0.6 is 0 Å². The molecule has 46 heavy (non-hydrogen) atoms. The number of unbranched alkanes of at least 4 members (excludes halogenated alkanes) is 11. The molecule has 0 unspecified atom stereocenters. The van der Waals surface area contributed by atoms with Crippen molar-refractivity contribution in [2.45, 2.75) is 189 Å². The molecule has 2 nitrogen and oxygen atoms in total. The molecule has 2 aromatic carbocycles. The van der Waals surface area contributed by atoms with Crippen molar-refractivity contribution in [1.29, 1.82) is 0 Å². The molecule has 3 heteroatoms. The van der Waals surface area contributed by atoms with Crippen molar-refractivity contribution in [1.82, 2.24) is 0 Å². The van der Waals surface area contributed by atoms with Gasteiger partial charge in [-0.25, -0.2) is 0 Å². The molecule has 0 aromatic heterocycles. The first-order valence-electron chi connectivity index (χ1n) is 19.5. The predicted molar refractivity (Wildman–Crippen MR) is 204 cm³/mol. The van der Waals surface area contributed by atoms with Crippen LogP contribution in [0.1, 0.15) is 186 Å². The molecule has 0 radical (unpaired) electrons. The third kappa shape index (κ3) is 18.0. The molecule has 0 heterocycles. The molecule has 0 aliphatic heterocycles. The Morgan fingerprint density at radius 1 is 0.370 bits per heavy atom. The van der Waals surface area contributed by atoms with Gasteiger partial charge in [0.05, 0.1) is 22.8 Å². The van der Waals surface area contributed by atoms with E-state index in [2.05, 4.69) is 77.9 Å². The number of hydrogen-bond acceptors (Lipinski definition) is 2. The Hall–Kier alpha value is -1.73. The van der Waals surface area contributed by atoms with Gasteiger partial charge in [0.1, 0.15) is 0 Å². The molecular weight excluding hydrogens is 603 g/mol. The average molecular weight is 674 g/mol. The zero-order valence-corrected chi connectivity index (χ0v) is 31.9. The van der Waals surface area contributed by atoms with Gasteiger partial charge >= 0.3 is 0 Å². The summed E-state index contributed by atoms with van der Waals surface area (Å²) in [6.45, 7) is 13.8. The summed E-state index contributed by atoms with van der Waals surface area (Å²) in [4.78, 5) is 11.0. The Balaban J connectivity index is 0.0000106. The van der Waals surface area contributed by atoms with E-state index < -0.39 is 0 Å².